The molecule has 1 atom stereocenters. The van der Waals surface area contributed by atoms with E-state index in [-0.39, 0.29) is 24.1 Å². The molecule has 2 aromatic carbocycles. The van der Waals surface area contributed by atoms with Crippen LogP contribution in [0.1, 0.15) is 24.5 Å². The zero-order valence-corrected chi connectivity index (χ0v) is 19.0. The lowest BCUT2D eigenvalue weighted by Crippen LogP contribution is -2.46. The molecule has 0 saturated carbocycles. The number of nitrogens with zero attached hydrogens (tertiary/aromatic N) is 3. The molecule has 8 nitrogen and oxygen atoms in total. The van der Waals surface area contributed by atoms with Gasteiger partial charge in [0.05, 0.1) is 0 Å². The third-order valence-electron chi connectivity index (χ3n) is 5.42. The third-order valence-corrected chi connectivity index (χ3v) is 6.64. The Labute approximate surface area is 191 Å². The Morgan fingerprint density at radius 3 is 2.41 bits per heavy atom. The van der Waals surface area contributed by atoms with E-state index in [9.17, 15) is 14.4 Å². The van der Waals surface area contributed by atoms with E-state index >= 15 is 0 Å². The van der Waals surface area contributed by atoms with Gasteiger partial charge in [0.1, 0.15) is 18.6 Å². The molecule has 3 amide bonds. The first-order chi connectivity index (χ1) is 15.3. The largest absolute Gasteiger partial charge is 0.334 e. The van der Waals surface area contributed by atoms with Crippen LogP contribution in [0.15, 0.2) is 47.5 Å². The second kappa shape index (κ2) is 9.04. The van der Waals surface area contributed by atoms with Gasteiger partial charge in [-0.1, -0.05) is 17.8 Å². The van der Waals surface area contributed by atoms with Crippen LogP contribution in [0.2, 0.25) is 0 Å². The van der Waals surface area contributed by atoms with Crippen LogP contribution in [0.25, 0.3) is 0 Å². The Balaban J connectivity index is 1.36. The highest BCUT2D eigenvalue weighted by atomic mass is 32.2. The highest BCUT2D eigenvalue weighted by Crippen LogP contribution is 2.33. The predicted molar refractivity (Wildman–Crippen MR) is 128 cm³/mol. The minimum absolute atomic E-state index is 0.0656. The predicted octanol–water partition coefficient (Wildman–Crippen LogP) is 3.33. The summed E-state index contributed by atoms with van der Waals surface area (Å²) in [5.41, 5.74) is 4.70. The van der Waals surface area contributed by atoms with Gasteiger partial charge in [-0.15, -0.1) is 0 Å². The van der Waals surface area contributed by atoms with E-state index in [4.69, 9.17) is 0 Å². The van der Waals surface area contributed by atoms with Crippen LogP contribution in [0.5, 0.6) is 0 Å². The van der Waals surface area contributed by atoms with Gasteiger partial charge in [-0.3, -0.25) is 19.3 Å². The quantitative estimate of drug-likeness (QED) is 0.727. The first-order valence-electron chi connectivity index (χ1n) is 10.3. The molecule has 0 aliphatic carbocycles. The molecule has 0 radical (unpaired) electrons. The summed E-state index contributed by atoms with van der Waals surface area (Å²) in [6.45, 7) is 6.48. The van der Waals surface area contributed by atoms with Crippen molar-refractivity contribution < 1.29 is 14.4 Å². The molecule has 0 unspecified atom stereocenters. The van der Waals surface area contributed by atoms with Gasteiger partial charge >= 0.3 is 0 Å². The molecule has 166 valence electrons. The van der Waals surface area contributed by atoms with E-state index in [0.29, 0.717) is 29.9 Å². The molecular formula is C23H25N5O3S. The van der Waals surface area contributed by atoms with Crippen LogP contribution < -0.4 is 15.5 Å². The highest BCUT2D eigenvalue weighted by Gasteiger charge is 2.41. The number of thioether (sulfide) groups is 1. The average molecular weight is 452 g/mol. The van der Waals surface area contributed by atoms with Gasteiger partial charge in [-0.2, -0.15) is 0 Å². The molecule has 0 aromatic heterocycles. The summed E-state index contributed by atoms with van der Waals surface area (Å²) in [6.07, 6.45) is 0.0656. The normalized spacial score (nSPS) is 17.7. The molecule has 2 aromatic rings. The third kappa shape index (κ3) is 4.77. The number of rotatable bonds is 5. The fraction of sp³-hybridized carbons (Fsp3) is 0.304. The number of hydrogen-bond donors (Lipinski definition) is 2. The summed E-state index contributed by atoms with van der Waals surface area (Å²) in [7, 11) is 0. The number of amides is 3. The molecule has 0 spiro atoms. The smallest absolute Gasteiger partial charge is 0.244 e. The molecule has 2 aliphatic rings. The topological polar surface area (TPSA) is 94.1 Å². The molecule has 1 fully saturated rings. The van der Waals surface area contributed by atoms with E-state index in [1.807, 2.05) is 11.0 Å². The maximum atomic E-state index is 13.0. The van der Waals surface area contributed by atoms with Crippen LogP contribution in [0.4, 0.5) is 17.1 Å². The molecule has 2 aliphatic heterocycles. The number of carbonyl (C=O) groups is 3. The zero-order chi connectivity index (χ0) is 22.8. The highest BCUT2D eigenvalue weighted by molar-refractivity contribution is 8.15. The van der Waals surface area contributed by atoms with Crippen LogP contribution in [0, 0.1) is 13.8 Å². The number of carbonyl (C=O) groups excluding carboxylic acids is 3. The number of nitrogens with one attached hydrogen (secondary N) is 2. The fourth-order valence-electron chi connectivity index (χ4n) is 3.56. The lowest BCUT2D eigenvalue weighted by molar-refractivity contribution is -0.128. The number of aryl methyl sites for hydroxylation is 2. The van der Waals surface area contributed by atoms with E-state index in [0.717, 1.165) is 5.69 Å². The van der Waals surface area contributed by atoms with E-state index in [2.05, 4.69) is 41.6 Å². The van der Waals surface area contributed by atoms with Crippen molar-refractivity contribution in [2.24, 2.45) is 4.99 Å². The van der Waals surface area contributed by atoms with Crippen LogP contribution in [-0.4, -0.2) is 46.4 Å². The summed E-state index contributed by atoms with van der Waals surface area (Å²) < 4.78 is 0. The Morgan fingerprint density at radius 1 is 1.06 bits per heavy atom. The lowest BCUT2D eigenvalue weighted by atomic mass is 10.1. The van der Waals surface area contributed by atoms with Gasteiger partial charge in [-0.05, 0) is 61.4 Å². The van der Waals surface area contributed by atoms with E-state index in [1.165, 1.54) is 29.8 Å². The van der Waals surface area contributed by atoms with Gasteiger partial charge in [0.15, 0.2) is 5.17 Å². The summed E-state index contributed by atoms with van der Waals surface area (Å²) in [4.78, 5) is 44.9. The van der Waals surface area contributed by atoms with Gasteiger partial charge in [-0.25, -0.2) is 4.99 Å². The van der Waals surface area contributed by atoms with Crippen molar-refractivity contribution in [1.82, 2.24) is 4.90 Å². The Morgan fingerprint density at radius 2 is 1.75 bits per heavy atom. The fourth-order valence-corrected chi connectivity index (χ4v) is 4.68. The van der Waals surface area contributed by atoms with Crippen molar-refractivity contribution in [2.75, 3.05) is 28.9 Å². The minimum atomic E-state index is -0.493. The second-order valence-corrected chi connectivity index (χ2v) is 9.09. The second-order valence-electron chi connectivity index (χ2n) is 7.92. The molecular weight excluding hydrogens is 426 g/mol. The van der Waals surface area contributed by atoms with Crippen molar-refractivity contribution in [3.63, 3.8) is 0 Å². The van der Waals surface area contributed by atoms with Crippen LogP contribution >= 0.6 is 11.8 Å². The monoisotopic (exact) mass is 451 g/mol. The summed E-state index contributed by atoms with van der Waals surface area (Å²) in [6, 6.07) is 13.1. The van der Waals surface area contributed by atoms with Crippen molar-refractivity contribution in [2.45, 2.75) is 32.4 Å². The van der Waals surface area contributed by atoms with Gasteiger partial charge in [0.25, 0.3) is 0 Å². The van der Waals surface area contributed by atoms with Crippen molar-refractivity contribution in [3.05, 3.63) is 53.6 Å². The number of fused-ring (bicyclic) bond motifs is 1. The summed E-state index contributed by atoms with van der Waals surface area (Å²) in [5, 5.41) is 5.67. The number of aliphatic imine (C=N–C) groups is 1. The van der Waals surface area contributed by atoms with Gasteiger partial charge < -0.3 is 15.5 Å². The maximum Gasteiger partial charge on any atom is 0.244 e. The molecule has 1 saturated heterocycles. The first-order valence-corrected chi connectivity index (χ1v) is 11.2. The van der Waals surface area contributed by atoms with E-state index in [1.54, 1.807) is 29.2 Å². The molecule has 0 bridgehead atoms. The first kappa shape index (κ1) is 21.9. The summed E-state index contributed by atoms with van der Waals surface area (Å²) >= 11 is 1.35. The molecule has 32 heavy (non-hydrogen) atoms. The molecule has 4 rings (SSSR count). The number of benzene rings is 2. The molecule has 9 heteroatoms. The van der Waals surface area contributed by atoms with Crippen LogP contribution in [0.3, 0.4) is 0 Å². The van der Waals surface area contributed by atoms with E-state index < -0.39 is 5.25 Å². The SMILES string of the molecule is CC(=O)Nc1ccc(NC(=O)C[C@H]2SC3=NCN(c4ccc(C)c(C)c4)CN3C2=O)cc1. The number of amidine groups is 1. The van der Waals surface area contributed by atoms with Crippen molar-refractivity contribution in [1.29, 1.82) is 0 Å². The lowest BCUT2D eigenvalue weighted by Gasteiger charge is -2.32. The van der Waals surface area contributed by atoms with Crippen molar-refractivity contribution >= 4 is 51.7 Å². The Hall–Kier alpha value is -3.33. The van der Waals surface area contributed by atoms with Crippen molar-refractivity contribution in [3.8, 4) is 0 Å². The Bertz CT molecular complexity index is 1100. The average Bonchev–Trinajstić information content (AvgIpc) is 3.06. The van der Waals surface area contributed by atoms with Gasteiger partial charge in [0.2, 0.25) is 17.7 Å². The minimum Gasteiger partial charge on any atom is -0.334 e. The zero-order valence-electron chi connectivity index (χ0n) is 18.2. The Kier molecular flexibility index (Phi) is 6.18. The standard InChI is InChI=1S/C23H25N5O3S/c1-14-4-9-19(10-15(14)2)27-12-24-23-28(13-27)22(31)20(32-23)11-21(30)26-18-7-5-17(6-8-18)25-16(3)29/h4-10,20H,11-13H2,1-3H3,(H,25,29)(H,26,30)/t20-/m1/s1. The number of hydrogen-bond acceptors (Lipinski definition) is 6. The molecule has 2 N–H and O–H groups in total. The summed E-state index contributed by atoms with van der Waals surface area (Å²) in [5.74, 6) is -0.498. The number of anilines is 3. The molecule has 2 heterocycles. The maximum absolute atomic E-state index is 13.0. The van der Waals surface area contributed by atoms with Gasteiger partial charge in [0, 0.05) is 30.4 Å². The van der Waals surface area contributed by atoms with Crippen LogP contribution in [-0.2, 0) is 14.4 Å².